The number of rotatable bonds is 2. The lowest BCUT2D eigenvalue weighted by atomic mass is 9.92. The molecular formula is C12H18N6. The van der Waals surface area contributed by atoms with Crippen molar-refractivity contribution in [3.63, 3.8) is 0 Å². The lowest BCUT2D eigenvalue weighted by Crippen LogP contribution is -2.18. The van der Waals surface area contributed by atoms with E-state index >= 15 is 0 Å². The molecule has 2 aromatic heterocycles. The maximum atomic E-state index is 5.45. The first-order valence-corrected chi connectivity index (χ1v) is 5.75. The topological polar surface area (TPSA) is 81.7 Å². The van der Waals surface area contributed by atoms with E-state index in [1.165, 1.54) is 0 Å². The van der Waals surface area contributed by atoms with Crippen LogP contribution >= 0.6 is 0 Å². The molecule has 0 spiro atoms. The highest BCUT2D eigenvalue weighted by atomic mass is 15.3. The Morgan fingerprint density at radius 3 is 2.50 bits per heavy atom. The van der Waals surface area contributed by atoms with Crippen LogP contribution in [0.2, 0.25) is 0 Å². The summed E-state index contributed by atoms with van der Waals surface area (Å²) in [6.07, 6.45) is 3.58. The van der Waals surface area contributed by atoms with Gasteiger partial charge in [0, 0.05) is 30.9 Å². The van der Waals surface area contributed by atoms with Gasteiger partial charge in [-0.15, -0.1) is 0 Å². The van der Waals surface area contributed by atoms with Crippen LogP contribution in [0.5, 0.6) is 0 Å². The largest absolute Gasteiger partial charge is 0.331 e. The van der Waals surface area contributed by atoms with Crippen LogP contribution in [0.4, 0.5) is 5.82 Å². The number of hydrazine groups is 1. The Bertz CT molecular complexity index is 552. The molecule has 6 heteroatoms. The number of imidazole rings is 1. The molecule has 6 nitrogen and oxygen atoms in total. The number of nitrogen functional groups attached to an aromatic ring is 1. The zero-order valence-electron chi connectivity index (χ0n) is 11.1. The number of aryl methyl sites for hydroxylation is 1. The van der Waals surface area contributed by atoms with Crippen LogP contribution in [0.15, 0.2) is 18.5 Å². The van der Waals surface area contributed by atoms with E-state index in [2.05, 4.69) is 41.1 Å². The standard InChI is InChI=1S/C12H18N6/c1-12(2,3)8-7-9(17-13)16-10(15-8)11-14-5-6-18(11)4/h5-7H,13H2,1-4H3,(H,15,16,17). The molecule has 0 fully saturated rings. The van der Waals surface area contributed by atoms with Crippen molar-refractivity contribution in [2.45, 2.75) is 26.2 Å². The van der Waals surface area contributed by atoms with E-state index in [1.807, 2.05) is 23.9 Å². The normalized spacial score (nSPS) is 11.6. The van der Waals surface area contributed by atoms with Gasteiger partial charge in [-0.3, -0.25) is 0 Å². The molecule has 2 rings (SSSR count). The van der Waals surface area contributed by atoms with Crippen LogP contribution in [0.25, 0.3) is 11.6 Å². The fraction of sp³-hybridized carbons (Fsp3) is 0.417. The fourth-order valence-corrected chi connectivity index (χ4v) is 1.59. The quantitative estimate of drug-likeness (QED) is 0.619. The summed E-state index contributed by atoms with van der Waals surface area (Å²) < 4.78 is 1.88. The highest BCUT2D eigenvalue weighted by Gasteiger charge is 2.19. The highest BCUT2D eigenvalue weighted by molar-refractivity contribution is 5.50. The Balaban J connectivity index is 2.58. The van der Waals surface area contributed by atoms with E-state index in [1.54, 1.807) is 6.20 Å². The molecular weight excluding hydrogens is 228 g/mol. The fourth-order valence-electron chi connectivity index (χ4n) is 1.59. The first-order valence-electron chi connectivity index (χ1n) is 5.75. The van der Waals surface area contributed by atoms with Crippen LogP contribution < -0.4 is 11.3 Å². The first kappa shape index (κ1) is 12.5. The van der Waals surface area contributed by atoms with Crippen molar-refractivity contribution in [1.29, 1.82) is 0 Å². The second-order valence-electron chi connectivity index (χ2n) is 5.22. The Kier molecular flexibility index (Phi) is 3.04. The predicted octanol–water partition coefficient (Wildman–Crippen LogP) is 1.46. The minimum absolute atomic E-state index is 0.0749. The summed E-state index contributed by atoms with van der Waals surface area (Å²) in [6, 6.07) is 1.85. The van der Waals surface area contributed by atoms with E-state index in [-0.39, 0.29) is 5.41 Å². The number of aromatic nitrogens is 4. The molecule has 0 bridgehead atoms. The summed E-state index contributed by atoms with van der Waals surface area (Å²) in [7, 11) is 1.91. The molecule has 0 aliphatic heterocycles. The molecule has 0 amide bonds. The van der Waals surface area contributed by atoms with Gasteiger partial charge in [0.05, 0.1) is 5.69 Å². The maximum absolute atomic E-state index is 5.45. The second-order valence-corrected chi connectivity index (χ2v) is 5.22. The Morgan fingerprint density at radius 2 is 2.00 bits per heavy atom. The Morgan fingerprint density at radius 1 is 1.28 bits per heavy atom. The van der Waals surface area contributed by atoms with Crippen LogP contribution in [0, 0.1) is 0 Å². The van der Waals surface area contributed by atoms with E-state index in [0.29, 0.717) is 11.6 Å². The minimum atomic E-state index is -0.0749. The number of hydrogen-bond donors (Lipinski definition) is 2. The number of anilines is 1. The Labute approximate surface area is 106 Å². The average molecular weight is 246 g/mol. The molecule has 3 N–H and O–H groups in total. The number of nitrogens with zero attached hydrogens (tertiary/aromatic N) is 4. The van der Waals surface area contributed by atoms with Crippen LogP contribution in [0.3, 0.4) is 0 Å². The smallest absolute Gasteiger partial charge is 0.198 e. The van der Waals surface area contributed by atoms with Gasteiger partial charge in [0.1, 0.15) is 5.82 Å². The van der Waals surface area contributed by atoms with Crippen molar-refractivity contribution in [1.82, 2.24) is 19.5 Å². The van der Waals surface area contributed by atoms with Crippen molar-refractivity contribution in [2.24, 2.45) is 12.9 Å². The van der Waals surface area contributed by atoms with Crippen molar-refractivity contribution in [3.8, 4) is 11.6 Å². The molecule has 0 radical (unpaired) electrons. The number of nitrogens with one attached hydrogen (secondary N) is 1. The molecule has 2 heterocycles. The van der Waals surface area contributed by atoms with Gasteiger partial charge in [-0.05, 0) is 0 Å². The summed E-state index contributed by atoms with van der Waals surface area (Å²) in [5.74, 6) is 7.34. The van der Waals surface area contributed by atoms with Gasteiger partial charge in [0.25, 0.3) is 0 Å². The summed E-state index contributed by atoms with van der Waals surface area (Å²) >= 11 is 0. The molecule has 0 atom stereocenters. The van der Waals surface area contributed by atoms with Gasteiger partial charge in [-0.1, -0.05) is 20.8 Å². The van der Waals surface area contributed by atoms with Crippen molar-refractivity contribution < 1.29 is 0 Å². The van der Waals surface area contributed by atoms with Crippen molar-refractivity contribution >= 4 is 5.82 Å². The molecule has 0 saturated heterocycles. The summed E-state index contributed by atoms with van der Waals surface area (Å²) in [6.45, 7) is 6.29. The Hall–Kier alpha value is -1.95. The van der Waals surface area contributed by atoms with Crippen LogP contribution in [-0.2, 0) is 12.5 Å². The zero-order chi connectivity index (χ0) is 13.3. The van der Waals surface area contributed by atoms with Crippen molar-refractivity contribution in [3.05, 3.63) is 24.2 Å². The van der Waals surface area contributed by atoms with Crippen LogP contribution in [0.1, 0.15) is 26.5 Å². The third kappa shape index (κ3) is 2.33. The van der Waals surface area contributed by atoms with Crippen LogP contribution in [-0.4, -0.2) is 19.5 Å². The van der Waals surface area contributed by atoms with E-state index < -0.39 is 0 Å². The van der Waals surface area contributed by atoms with Gasteiger partial charge in [0.2, 0.25) is 0 Å². The van der Waals surface area contributed by atoms with Crippen molar-refractivity contribution in [2.75, 3.05) is 5.43 Å². The predicted molar refractivity (Wildman–Crippen MR) is 70.7 cm³/mol. The number of nitrogens with two attached hydrogens (primary N) is 1. The molecule has 2 aromatic rings. The molecule has 0 aliphatic rings. The summed E-state index contributed by atoms with van der Waals surface area (Å²) in [4.78, 5) is 13.2. The second kappa shape index (κ2) is 4.38. The third-order valence-corrected chi connectivity index (χ3v) is 2.66. The molecule has 0 aliphatic carbocycles. The summed E-state index contributed by atoms with van der Waals surface area (Å²) in [5, 5.41) is 0. The lowest BCUT2D eigenvalue weighted by Gasteiger charge is -2.19. The molecule has 96 valence electrons. The monoisotopic (exact) mass is 246 g/mol. The zero-order valence-corrected chi connectivity index (χ0v) is 11.1. The molecule has 0 saturated carbocycles. The molecule has 0 unspecified atom stereocenters. The lowest BCUT2D eigenvalue weighted by molar-refractivity contribution is 0.567. The van der Waals surface area contributed by atoms with E-state index in [4.69, 9.17) is 5.84 Å². The molecule has 18 heavy (non-hydrogen) atoms. The van der Waals surface area contributed by atoms with Gasteiger partial charge >= 0.3 is 0 Å². The van der Waals surface area contributed by atoms with Gasteiger partial charge in [0.15, 0.2) is 11.6 Å². The third-order valence-electron chi connectivity index (χ3n) is 2.66. The first-order chi connectivity index (χ1) is 8.41. The van der Waals surface area contributed by atoms with E-state index in [0.717, 1.165) is 11.5 Å². The van der Waals surface area contributed by atoms with Gasteiger partial charge in [-0.2, -0.15) is 0 Å². The van der Waals surface area contributed by atoms with Gasteiger partial charge in [-0.25, -0.2) is 20.8 Å². The highest BCUT2D eigenvalue weighted by Crippen LogP contribution is 2.24. The minimum Gasteiger partial charge on any atom is -0.331 e. The summed E-state index contributed by atoms with van der Waals surface area (Å²) in [5.41, 5.74) is 3.42. The van der Waals surface area contributed by atoms with Gasteiger partial charge < -0.3 is 9.99 Å². The molecule has 0 aromatic carbocycles. The van der Waals surface area contributed by atoms with E-state index in [9.17, 15) is 0 Å². The SMILES string of the molecule is Cn1ccnc1-c1nc(NN)cc(C(C)(C)C)n1. The number of hydrogen-bond acceptors (Lipinski definition) is 5. The average Bonchev–Trinajstić information content (AvgIpc) is 2.73. The maximum Gasteiger partial charge on any atom is 0.198 e.